The second-order valence-electron chi connectivity index (χ2n) is 8.86. The zero-order valence-electron chi connectivity index (χ0n) is 20.0. The Morgan fingerprint density at radius 1 is 0.735 bits per heavy atom. The van der Waals surface area contributed by atoms with Crippen LogP contribution in [0.15, 0.2) is 48.5 Å². The van der Waals surface area contributed by atoms with Crippen LogP contribution >= 0.6 is 0 Å². The van der Waals surface area contributed by atoms with Gasteiger partial charge in [-0.25, -0.2) is 9.97 Å². The molecule has 0 fully saturated rings. The number of fused-ring (bicyclic) bond motifs is 1. The molecule has 0 aliphatic rings. The molecule has 0 amide bonds. The van der Waals surface area contributed by atoms with Gasteiger partial charge >= 0.3 is 6.18 Å². The Balaban J connectivity index is 1.44. The highest BCUT2D eigenvalue weighted by Crippen LogP contribution is 2.29. The largest absolute Gasteiger partial charge is 0.494 e. The van der Waals surface area contributed by atoms with Gasteiger partial charge in [-0.1, -0.05) is 95.0 Å². The number of aromatic nitrogens is 2. The maximum absolute atomic E-state index is 13.2. The molecule has 0 unspecified atom stereocenters. The highest BCUT2D eigenvalue weighted by Gasteiger charge is 2.35. The van der Waals surface area contributed by atoms with Crippen molar-refractivity contribution in [2.75, 3.05) is 6.61 Å². The van der Waals surface area contributed by atoms with E-state index in [4.69, 9.17) is 4.74 Å². The number of ether oxygens (including phenoxy) is 1. The first kappa shape index (κ1) is 26.0. The SMILES string of the molecule is CCCCCCCCCCCCOc1ccc(Cc2nc(C(F)(F)F)nc3ccccc23)cc1. The van der Waals surface area contributed by atoms with Gasteiger partial charge in [0, 0.05) is 11.8 Å². The van der Waals surface area contributed by atoms with E-state index in [0.29, 0.717) is 29.6 Å². The first-order valence-electron chi connectivity index (χ1n) is 12.5. The molecule has 0 saturated heterocycles. The average Bonchev–Trinajstić information content (AvgIpc) is 2.83. The van der Waals surface area contributed by atoms with Gasteiger partial charge in [0.1, 0.15) is 5.75 Å². The lowest BCUT2D eigenvalue weighted by Gasteiger charge is -2.11. The number of benzene rings is 2. The third kappa shape index (κ3) is 8.30. The van der Waals surface area contributed by atoms with Crippen LogP contribution in [0, 0.1) is 0 Å². The van der Waals surface area contributed by atoms with E-state index in [-0.39, 0.29) is 0 Å². The molecular weight excluding hydrogens is 437 g/mol. The summed E-state index contributed by atoms with van der Waals surface area (Å²) in [6, 6.07) is 14.3. The fourth-order valence-electron chi connectivity index (χ4n) is 4.08. The molecule has 6 heteroatoms. The van der Waals surface area contributed by atoms with Crippen molar-refractivity contribution in [1.82, 2.24) is 9.97 Å². The third-order valence-corrected chi connectivity index (χ3v) is 6.00. The van der Waals surface area contributed by atoms with Crippen LogP contribution in [0.3, 0.4) is 0 Å². The third-order valence-electron chi connectivity index (χ3n) is 6.00. The van der Waals surface area contributed by atoms with Crippen LogP contribution in [-0.2, 0) is 12.6 Å². The summed E-state index contributed by atoms with van der Waals surface area (Å²) in [5, 5.41) is 0.636. The second kappa shape index (κ2) is 13.3. The Morgan fingerprint density at radius 3 is 2.00 bits per heavy atom. The molecule has 0 aliphatic heterocycles. The van der Waals surface area contributed by atoms with Gasteiger partial charge in [-0.05, 0) is 30.2 Å². The molecule has 3 aromatic rings. The normalized spacial score (nSPS) is 11.8. The van der Waals surface area contributed by atoms with Gasteiger partial charge in [-0.15, -0.1) is 0 Å². The second-order valence-corrected chi connectivity index (χ2v) is 8.86. The minimum atomic E-state index is -4.58. The van der Waals surface area contributed by atoms with Gasteiger partial charge in [0.15, 0.2) is 0 Å². The van der Waals surface area contributed by atoms with Crippen molar-refractivity contribution in [3.8, 4) is 5.75 Å². The maximum Gasteiger partial charge on any atom is 0.451 e. The van der Waals surface area contributed by atoms with Crippen LogP contribution < -0.4 is 4.74 Å². The van der Waals surface area contributed by atoms with E-state index in [1.54, 1.807) is 24.3 Å². The summed E-state index contributed by atoms with van der Waals surface area (Å²) in [4.78, 5) is 7.52. The zero-order valence-corrected chi connectivity index (χ0v) is 20.0. The fourth-order valence-corrected chi connectivity index (χ4v) is 4.08. The van der Waals surface area contributed by atoms with E-state index in [1.165, 1.54) is 57.8 Å². The minimum absolute atomic E-state index is 0.296. The number of halogens is 3. The lowest BCUT2D eigenvalue weighted by atomic mass is 10.1. The highest BCUT2D eigenvalue weighted by atomic mass is 19.4. The fraction of sp³-hybridized carbons (Fsp3) is 0.500. The van der Waals surface area contributed by atoms with Gasteiger partial charge in [-0.2, -0.15) is 13.2 Å². The Morgan fingerprint density at radius 2 is 1.35 bits per heavy atom. The Kier molecular flexibility index (Phi) is 10.2. The van der Waals surface area contributed by atoms with Crippen LogP contribution in [0.1, 0.15) is 88.2 Å². The van der Waals surface area contributed by atoms with Crippen LogP contribution in [0.2, 0.25) is 0 Å². The van der Waals surface area contributed by atoms with Crippen molar-refractivity contribution < 1.29 is 17.9 Å². The molecule has 0 N–H and O–H groups in total. The predicted octanol–water partition coefficient (Wildman–Crippen LogP) is 8.54. The van der Waals surface area contributed by atoms with Crippen molar-refractivity contribution in [1.29, 1.82) is 0 Å². The standard InChI is InChI=1S/C28H35F3N2O/c1-2-3-4-5-6-7-8-9-10-13-20-34-23-18-16-22(17-19-23)21-26-24-14-11-12-15-25(24)32-27(33-26)28(29,30)31/h11-12,14-19H,2-10,13,20-21H2,1H3. The molecule has 0 radical (unpaired) electrons. The maximum atomic E-state index is 13.2. The van der Waals surface area contributed by atoms with E-state index in [9.17, 15) is 13.2 Å². The van der Waals surface area contributed by atoms with E-state index in [0.717, 1.165) is 17.7 Å². The molecule has 184 valence electrons. The van der Waals surface area contributed by atoms with Crippen molar-refractivity contribution in [2.24, 2.45) is 0 Å². The number of rotatable bonds is 14. The van der Waals surface area contributed by atoms with Crippen molar-refractivity contribution in [3.05, 3.63) is 65.6 Å². The average molecular weight is 473 g/mol. The zero-order chi connectivity index (χ0) is 24.2. The summed E-state index contributed by atoms with van der Waals surface area (Å²) in [6.07, 6.45) is 8.55. The summed E-state index contributed by atoms with van der Waals surface area (Å²) in [7, 11) is 0. The van der Waals surface area contributed by atoms with E-state index in [1.807, 2.05) is 24.3 Å². The van der Waals surface area contributed by atoms with Crippen molar-refractivity contribution in [2.45, 2.75) is 83.7 Å². The summed E-state index contributed by atoms with van der Waals surface area (Å²) in [6.45, 7) is 2.93. The number of para-hydroxylation sites is 1. The van der Waals surface area contributed by atoms with Crippen LogP contribution in [0.25, 0.3) is 10.9 Å². The smallest absolute Gasteiger partial charge is 0.451 e. The van der Waals surface area contributed by atoms with Gasteiger partial charge < -0.3 is 4.74 Å². The number of hydrogen-bond acceptors (Lipinski definition) is 3. The highest BCUT2D eigenvalue weighted by molar-refractivity contribution is 5.81. The number of hydrogen-bond donors (Lipinski definition) is 0. The number of alkyl halides is 3. The number of unbranched alkanes of at least 4 members (excludes halogenated alkanes) is 9. The van der Waals surface area contributed by atoms with Gasteiger partial charge in [0.2, 0.25) is 5.82 Å². The van der Waals surface area contributed by atoms with Crippen LogP contribution in [0.4, 0.5) is 13.2 Å². The molecule has 0 spiro atoms. The molecule has 0 aliphatic carbocycles. The van der Waals surface area contributed by atoms with Gasteiger partial charge in [0.05, 0.1) is 17.8 Å². The van der Waals surface area contributed by atoms with Gasteiger partial charge in [0.25, 0.3) is 0 Å². The summed E-state index contributed by atoms with van der Waals surface area (Å²) in [5.41, 5.74) is 1.55. The van der Waals surface area contributed by atoms with Crippen LogP contribution in [0.5, 0.6) is 5.75 Å². The number of nitrogens with zero attached hydrogens (tertiary/aromatic N) is 2. The first-order valence-corrected chi connectivity index (χ1v) is 12.5. The predicted molar refractivity (Wildman–Crippen MR) is 131 cm³/mol. The monoisotopic (exact) mass is 472 g/mol. The lowest BCUT2D eigenvalue weighted by molar-refractivity contribution is -0.144. The van der Waals surface area contributed by atoms with Gasteiger partial charge in [-0.3, -0.25) is 0 Å². The Labute approximate surface area is 200 Å². The topological polar surface area (TPSA) is 35.0 Å². The van der Waals surface area contributed by atoms with E-state index >= 15 is 0 Å². The molecule has 0 saturated carbocycles. The summed E-state index contributed by atoms with van der Waals surface area (Å²) in [5.74, 6) is -0.319. The molecule has 1 heterocycles. The Hall–Kier alpha value is -2.63. The molecule has 2 aromatic carbocycles. The summed E-state index contributed by atoms with van der Waals surface area (Å²) >= 11 is 0. The molecule has 0 bridgehead atoms. The van der Waals surface area contributed by atoms with Crippen molar-refractivity contribution >= 4 is 10.9 Å². The molecular formula is C28H35F3N2O. The van der Waals surface area contributed by atoms with Crippen molar-refractivity contribution in [3.63, 3.8) is 0 Å². The molecule has 1 aromatic heterocycles. The quantitative estimate of drug-likeness (QED) is 0.221. The lowest BCUT2D eigenvalue weighted by Crippen LogP contribution is -2.13. The minimum Gasteiger partial charge on any atom is -0.494 e. The summed E-state index contributed by atoms with van der Waals surface area (Å²) < 4.78 is 45.6. The molecule has 0 atom stereocenters. The first-order chi connectivity index (χ1) is 16.5. The van der Waals surface area contributed by atoms with Crippen LogP contribution in [-0.4, -0.2) is 16.6 Å². The van der Waals surface area contributed by atoms with E-state index < -0.39 is 12.0 Å². The van der Waals surface area contributed by atoms with E-state index in [2.05, 4.69) is 16.9 Å². The Bertz CT molecular complexity index is 1000. The molecule has 3 nitrogen and oxygen atoms in total. The molecule has 34 heavy (non-hydrogen) atoms. The molecule has 3 rings (SSSR count).